The minimum Gasteiger partial charge on any atom is -0.352 e. The van der Waals surface area contributed by atoms with Crippen LogP contribution in [0.15, 0.2) is 5.03 Å². The van der Waals surface area contributed by atoms with Crippen molar-refractivity contribution in [1.82, 2.24) is 15.3 Å². The lowest BCUT2D eigenvalue weighted by atomic mass is 9.86. The van der Waals surface area contributed by atoms with Crippen molar-refractivity contribution in [2.24, 2.45) is 5.92 Å². The highest BCUT2D eigenvalue weighted by Crippen LogP contribution is 2.39. The summed E-state index contributed by atoms with van der Waals surface area (Å²) in [5, 5.41) is 3.82. The second-order valence-electron chi connectivity index (χ2n) is 7.40. The van der Waals surface area contributed by atoms with E-state index in [2.05, 4.69) is 22.2 Å². The van der Waals surface area contributed by atoms with Crippen LogP contribution in [0.25, 0.3) is 0 Å². The molecule has 2 atom stereocenters. The molecular weight excluding hydrogens is 334 g/mol. The molecule has 0 aromatic carbocycles. The summed E-state index contributed by atoms with van der Waals surface area (Å²) in [6, 6.07) is 0.281. The number of nitrogens with zero attached hydrogens (tertiary/aromatic N) is 2. The lowest BCUT2D eigenvalue weighted by Crippen LogP contribution is -2.41. The number of carbonyl (C=O) groups is 2. The van der Waals surface area contributed by atoms with E-state index in [4.69, 9.17) is 0 Å². The number of carbonyl (C=O) groups excluding carboxylic acids is 2. The van der Waals surface area contributed by atoms with Crippen molar-refractivity contribution in [3.8, 4) is 0 Å². The van der Waals surface area contributed by atoms with Crippen LogP contribution in [-0.2, 0) is 4.79 Å². The van der Waals surface area contributed by atoms with Gasteiger partial charge in [0.25, 0.3) is 0 Å². The third-order valence-electron chi connectivity index (χ3n) is 5.17. The molecule has 1 aromatic heterocycles. The number of Topliss-reactive ketones (excluding diaryl/α,β-unsaturated/α-hetero) is 1. The predicted octanol–water partition coefficient (Wildman–Crippen LogP) is 3.65. The second-order valence-corrected chi connectivity index (χ2v) is 8.37. The number of rotatable bonds is 6. The molecule has 136 valence electrons. The molecule has 6 heteroatoms. The molecule has 5 nitrogen and oxygen atoms in total. The molecule has 0 unspecified atom stereocenters. The number of ketones is 1. The zero-order valence-corrected chi connectivity index (χ0v) is 16.1. The van der Waals surface area contributed by atoms with Crippen molar-refractivity contribution in [2.45, 2.75) is 76.3 Å². The standard InChI is InChI=1S/C19H27N3O2S/c1-11-6-4-5-7-15(11)21-16(24)10-25-19-17(13(3)23)12(2)20-18(22-19)14-8-9-14/h11,14-15H,4-10H2,1-3H3,(H,21,24)/t11-,15-/m0/s1. The van der Waals surface area contributed by atoms with E-state index in [0.717, 1.165) is 30.8 Å². The summed E-state index contributed by atoms with van der Waals surface area (Å²) >= 11 is 1.36. The molecule has 1 heterocycles. The van der Waals surface area contributed by atoms with Crippen molar-refractivity contribution < 1.29 is 9.59 Å². The smallest absolute Gasteiger partial charge is 0.230 e. The Morgan fingerprint density at radius 1 is 1.16 bits per heavy atom. The normalized spacial score (nSPS) is 23.3. The van der Waals surface area contributed by atoms with Gasteiger partial charge in [0.15, 0.2) is 5.78 Å². The molecule has 0 aliphatic heterocycles. The molecule has 2 fully saturated rings. The molecule has 3 rings (SSSR count). The van der Waals surface area contributed by atoms with Crippen molar-refractivity contribution >= 4 is 23.5 Å². The average Bonchev–Trinajstić information content (AvgIpc) is 3.39. The first-order chi connectivity index (χ1) is 12.0. The van der Waals surface area contributed by atoms with E-state index < -0.39 is 0 Å². The number of hydrogen-bond donors (Lipinski definition) is 1. The van der Waals surface area contributed by atoms with Gasteiger partial charge in [-0.25, -0.2) is 9.97 Å². The van der Waals surface area contributed by atoms with E-state index in [1.807, 2.05) is 6.92 Å². The summed E-state index contributed by atoms with van der Waals surface area (Å²) in [5.41, 5.74) is 1.29. The minimum absolute atomic E-state index is 0.0301. The van der Waals surface area contributed by atoms with E-state index >= 15 is 0 Å². The maximum atomic E-state index is 12.4. The van der Waals surface area contributed by atoms with Gasteiger partial charge in [0, 0.05) is 12.0 Å². The molecule has 0 saturated heterocycles. The molecule has 2 aliphatic rings. The fourth-order valence-electron chi connectivity index (χ4n) is 3.51. The number of thioether (sulfide) groups is 1. The molecular formula is C19H27N3O2S. The van der Waals surface area contributed by atoms with E-state index in [1.54, 1.807) is 0 Å². The molecule has 0 radical (unpaired) electrons. The summed E-state index contributed by atoms with van der Waals surface area (Å²) in [7, 11) is 0. The van der Waals surface area contributed by atoms with Crippen molar-refractivity contribution in [3.05, 3.63) is 17.1 Å². The van der Waals surface area contributed by atoms with Gasteiger partial charge in [-0.05, 0) is 45.4 Å². The molecule has 1 N–H and O–H groups in total. The third-order valence-corrected chi connectivity index (χ3v) is 6.14. The first kappa shape index (κ1) is 18.4. The van der Waals surface area contributed by atoms with Gasteiger partial charge >= 0.3 is 0 Å². The van der Waals surface area contributed by atoms with Crippen LogP contribution in [0.5, 0.6) is 0 Å². The van der Waals surface area contributed by atoms with Gasteiger partial charge in [-0.15, -0.1) is 0 Å². The molecule has 25 heavy (non-hydrogen) atoms. The van der Waals surface area contributed by atoms with Crippen molar-refractivity contribution in [3.63, 3.8) is 0 Å². The Morgan fingerprint density at radius 3 is 2.52 bits per heavy atom. The van der Waals surface area contributed by atoms with Crippen molar-refractivity contribution in [1.29, 1.82) is 0 Å². The first-order valence-electron chi connectivity index (χ1n) is 9.27. The number of hydrogen-bond acceptors (Lipinski definition) is 5. The quantitative estimate of drug-likeness (QED) is 0.476. The van der Waals surface area contributed by atoms with Crippen LogP contribution in [0.1, 0.15) is 80.2 Å². The Labute approximate surface area is 153 Å². The highest BCUT2D eigenvalue weighted by Gasteiger charge is 2.29. The molecule has 1 aromatic rings. The topological polar surface area (TPSA) is 72.0 Å². The lowest BCUT2D eigenvalue weighted by molar-refractivity contribution is -0.119. The van der Waals surface area contributed by atoms with Crippen LogP contribution in [0.3, 0.4) is 0 Å². The Kier molecular flexibility index (Phi) is 5.77. The molecule has 0 bridgehead atoms. The van der Waals surface area contributed by atoms with Crippen LogP contribution in [-0.4, -0.2) is 33.5 Å². The second kappa shape index (κ2) is 7.85. The fraction of sp³-hybridized carbons (Fsp3) is 0.684. The number of aryl methyl sites for hydroxylation is 1. The summed E-state index contributed by atoms with van der Waals surface area (Å²) in [6.07, 6.45) is 6.92. The molecule has 2 aliphatic carbocycles. The summed E-state index contributed by atoms with van der Waals surface area (Å²) in [4.78, 5) is 33.5. The van der Waals surface area contributed by atoms with Crippen LogP contribution >= 0.6 is 11.8 Å². The fourth-order valence-corrected chi connectivity index (χ4v) is 4.46. The monoisotopic (exact) mass is 361 g/mol. The van der Waals surface area contributed by atoms with E-state index in [-0.39, 0.29) is 17.7 Å². The summed E-state index contributed by atoms with van der Waals surface area (Å²) < 4.78 is 0. The van der Waals surface area contributed by atoms with Crippen LogP contribution in [0, 0.1) is 12.8 Å². The Bertz CT molecular complexity index is 673. The Morgan fingerprint density at radius 2 is 1.88 bits per heavy atom. The van der Waals surface area contributed by atoms with Gasteiger partial charge in [-0.2, -0.15) is 0 Å². The maximum Gasteiger partial charge on any atom is 0.230 e. The summed E-state index contributed by atoms with van der Waals surface area (Å²) in [6.45, 7) is 5.61. The van der Waals surface area contributed by atoms with Crippen LogP contribution in [0.2, 0.25) is 0 Å². The predicted molar refractivity (Wildman–Crippen MR) is 99.0 cm³/mol. The largest absolute Gasteiger partial charge is 0.352 e. The van der Waals surface area contributed by atoms with Gasteiger partial charge in [-0.3, -0.25) is 9.59 Å². The number of amides is 1. The van der Waals surface area contributed by atoms with Crippen molar-refractivity contribution in [2.75, 3.05) is 5.75 Å². The zero-order chi connectivity index (χ0) is 18.0. The number of aromatic nitrogens is 2. The zero-order valence-electron chi connectivity index (χ0n) is 15.3. The summed E-state index contributed by atoms with van der Waals surface area (Å²) in [5.74, 6) is 2.08. The van der Waals surface area contributed by atoms with Gasteiger partial charge in [0.05, 0.1) is 17.0 Å². The molecule has 1 amide bonds. The van der Waals surface area contributed by atoms with E-state index in [9.17, 15) is 9.59 Å². The minimum atomic E-state index is -0.0383. The molecule has 2 saturated carbocycles. The lowest BCUT2D eigenvalue weighted by Gasteiger charge is -2.29. The third kappa shape index (κ3) is 4.60. The Balaban J connectivity index is 1.67. The van der Waals surface area contributed by atoms with E-state index in [1.165, 1.54) is 37.9 Å². The van der Waals surface area contributed by atoms with Gasteiger partial charge in [0.2, 0.25) is 5.91 Å². The highest BCUT2D eigenvalue weighted by atomic mass is 32.2. The van der Waals surface area contributed by atoms with Gasteiger partial charge in [0.1, 0.15) is 10.9 Å². The maximum absolute atomic E-state index is 12.4. The van der Waals surface area contributed by atoms with Crippen LogP contribution < -0.4 is 5.32 Å². The van der Waals surface area contributed by atoms with Gasteiger partial charge < -0.3 is 5.32 Å². The average molecular weight is 362 g/mol. The highest BCUT2D eigenvalue weighted by molar-refractivity contribution is 8.00. The first-order valence-corrected chi connectivity index (χ1v) is 10.3. The SMILES string of the molecule is CC(=O)c1c(C)nc(C2CC2)nc1SCC(=O)N[C@H]1CCCC[C@@H]1C. The van der Waals surface area contributed by atoms with Gasteiger partial charge in [-0.1, -0.05) is 31.5 Å². The molecule has 0 spiro atoms. The van der Waals surface area contributed by atoms with E-state index in [0.29, 0.717) is 28.2 Å². The van der Waals surface area contributed by atoms with Crippen LogP contribution in [0.4, 0.5) is 0 Å². The Hall–Kier alpha value is -1.43. The number of nitrogens with one attached hydrogen (secondary N) is 1.